The molecule has 0 saturated carbocycles. The van der Waals surface area contributed by atoms with Crippen molar-refractivity contribution in [3.63, 3.8) is 0 Å². The van der Waals surface area contributed by atoms with Gasteiger partial charge in [-0.1, -0.05) is 38.0 Å². The van der Waals surface area contributed by atoms with Crippen LogP contribution in [0.15, 0.2) is 35.2 Å². The molecular formula is C15H20O2S. The van der Waals surface area contributed by atoms with Crippen LogP contribution in [0, 0.1) is 5.92 Å². The lowest BCUT2D eigenvalue weighted by Gasteiger charge is -2.29. The molecule has 0 unspecified atom stereocenters. The van der Waals surface area contributed by atoms with Gasteiger partial charge in [0.2, 0.25) is 0 Å². The van der Waals surface area contributed by atoms with Gasteiger partial charge in [-0.25, -0.2) is 0 Å². The van der Waals surface area contributed by atoms with Gasteiger partial charge in [0.15, 0.2) is 0 Å². The molecule has 2 rings (SSSR count). The van der Waals surface area contributed by atoms with Gasteiger partial charge in [0.05, 0.1) is 6.61 Å². The highest BCUT2D eigenvalue weighted by atomic mass is 32.2. The number of carbonyl (C=O) groups excluding carboxylic acids is 1. The van der Waals surface area contributed by atoms with Gasteiger partial charge in [0.1, 0.15) is 5.25 Å². The predicted molar refractivity (Wildman–Crippen MR) is 74.7 cm³/mol. The van der Waals surface area contributed by atoms with E-state index in [0.717, 1.165) is 17.7 Å². The van der Waals surface area contributed by atoms with Crippen molar-refractivity contribution in [2.24, 2.45) is 5.92 Å². The molecule has 1 aromatic carbocycles. The van der Waals surface area contributed by atoms with E-state index in [1.54, 1.807) is 11.8 Å². The van der Waals surface area contributed by atoms with Crippen molar-refractivity contribution < 1.29 is 9.53 Å². The molecule has 18 heavy (non-hydrogen) atoms. The van der Waals surface area contributed by atoms with Crippen LogP contribution in [0.3, 0.4) is 0 Å². The Morgan fingerprint density at radius 3 is 2.83 bits per heavy atom. The molecule has 1 fully saturated rings. The maximum absolute atomic E-state index is 11.9. The molecule has 0 amide bonds. The summed E-state index contributed by atoms with van der Waals surface area (Å²) < 4.78 is 5.21. The second kappa shape index (κ2) is 6.83. The minimum absolute atomic E-state index is 0.0206. The molecule has 0 radical (unpaired) electrons. The van der Waals surface area contributed by atoms with Crippen molar-refractivity contribution in [3.05, 3.63) is 30.3 Å². The lowest BCUT2D eigenvalue weighted by Crippen LogP contribution is -2.35. The van der Waals surface area contributed by atoms with Gasteiger partial charge in [-0.15, -0.1) is 11.8 Å². The molecule has 1 heterocycles. The first-order chi connectivity index (χ1) is 8.81. The highest BCUT2D eigenvalue weighted by Gasteiger charge is 2.33. The summed E-state index contributed by atoms with van der Waals surface area (Å²) in [5, 5.41) is -0.0206. The average Bonchev–Trinajstić information content (AvgIpc) is 2.41. The van der Waals surface area contributed by atoms with Crippen LogP contribution in [-0.2, 0) is 9.53 Å². The minimum Gasteiger partial charge on any atom is -0.465 e. The summed E-state index contributed by atoms with van der Waals surface area (Å²) >= 11 is 1.66. The van der Waals surface area contributed by atoms with Crippen molar-refractivity contribution in [3.8, 4) is 0 Å². The molecular weight excluding hydrogens is 244 g/mol. The van der Waals surface area contributed by atoms with Gasteiger partial charge in [-0.2, -0.15) is 0 Å². The zero-order valence-corrected chi connectivity index (χ0v) is 11.6. The van der Waals surface area contributed by atoms with E-state index in [0.29, 0.717) is 12.5 Å². The van der Waals surface area contributed by atoms with Crippen LogP contribution in [0.25, 0.3) is 0 Å². The van der Waals surface area contributed by atoms with Crippen LogP contribution in [0.2, 0.25) is 0 Å². The second-order valence-electron chi connectivity index (χ2n) is 4.71. The molecule has 0 aliphatic carbocycles. The van der Waals surface area contributed by atoms with Gasteiger partial charge in [0, 0.05) is 4.90 Å². The van der Waals surface area contributed by atoms with Gasteiger partial charge in [0.25, 0.3) is 0 Å². The van der Waals surface area contributed by atoms with Crippen LogP contribution in [0.5, 0.6) is 0 Å². The summed E-state index contributed by atoms with van der Waals surface area (Å²) in [5.74, 6) is 0.438. The summed E-state index contributed by atoms with van der Waals surface area (Å²) in [4.78, 5) is 13.1. The van der Waals surface area contributed by atoms with E-state index in [1.165, 1.54) is 12.8 Å². The number of unbranched alkanes of at least 4 members (excludes halogenated alkanes) is 1. The standard InChI is InChI=1S/C15H20O2S/c1-2-3-7-12-10-11-17-15(16)14(12)18-13-8-5-4-6-9-13/h4-6,8-9,12,14H,2-3,7,10-11H2,1H3/t12-,14-/m0/s1. The SMILES string of the molecule is CCCC[C@H]1CCOC(=O)[C@H]1Sc1ccccc1. The Balaban J connectivity index is 2.03. The zero-order valence-electron chi connectivity index (χ0n) is 10.8. The fourth-order valence-corrected chi connectivity index (χ4v) is 3.53. The highest BCUT2D eigenvalue weighted by Crippen LogP contribution is 2.35. The Labute approximate surface area is 113 Å². The van der Waals surface area contributed by atoms with Gasteiger partial charge >= 0.3 is 5.97 Å². The lowest BCUT2D eigenvalue weighted by atomic mass is 9.93. The van der Waals surface area contributed by atoms with E-state index >= 15 is 0 Å². The van der Waals surface area contributed by atoms with Gasteiger partial charge < -0.3 is 4.74 Å². The Morgan fingerprint density at radius 1 is 1.33 bits per heavy atom. The third-order valence-corrected chi connectivity index (χ3v) is 4.70. The summed E-state index contributed by atoms with van der Waals surface area (Å²) in [5.41, 5.74) is 0. The Kier molecular flexibility index (Phi) is 5.12. The number of ether oxygens (including phenoxy) is 1. The summed E-state index contributed by atoms with van der Waals surface area (Å²) in [6.45, 7) is 2.79. The first kappa shape index (κ1) is 13.5. The molecule has 0 N–H and O–H groups in total. The number of esters is 1. The summed E-state index contributed by atoms with van der Waals surface area (Å²) in [6.07, 6.45) is 4.53. The molecule has 0 aromatic heterocycles. The normalized spacial score (nSPS) is 23.7. The number of rotatable bonds is 5. The van der Waals surface area contributed by atoms with E-state index < -0.39 is 0 Å². The van der Waals surface area contributed by atoms with Crippen molar-refractivity contribution in [1.82, 2.24) is 0 Å². The summed E-state index contributed by atoms with van der Waals surface area (Å²) in [7, 11) is 0. The van der Waals surface area contributed by atoms with Crippen LogP contribution >= 0.6 is 11.8 Å². The van der Waals surface area contributed by atoms with Crippen LogP contribution < -0.4 is 0 Å². The molecule has 2 nitrogen and oxygen atoms in total. The number of hydrogen-bond acceptors (Lipinski definition) is 3. The van der Waals surface area contributed by atoms with E-state index in [1.807, 2.05) is 18.2 Å². The Morgan fingerprint density at radius 2 is 2.11 bits per heavy atom. The molecule has 1 aromatic rings. The quantitative estimate of drug-likeness (QED) is 0.754. The third-order valence-electron chi connectivity index (χ3n) is 3.33. The molecule has 1 aliphatic heterocycles. The Hall–Kier alpha value is -0.960. The smallest absolute Gasteiger partial charge is 0.319 e. The van der Waals surface area contributed by atoms with Crippen LogP contribution in [-0.4, -0.2) is 17.8 Å². The molecule has 0 bridgehead atoms. The second-order valence-corrected chi connectivity index (χ2v) is 5.92. The van der Waals surface area contributed by atoms with E-state index in [-0.39, 0.29) is 11.2 Å². The third kappa shape index (κ3) is 3.52. The van der Waals surface area contributed by atoms with Crippen molar-refractivity contribution in [2.45, 2.75) is 42.8 Å². The first-order valence-corrected chi connectivity index (χ1v) is 7.57. The van der Waals surface area contributed by atoms with Crippen LogP contribution in [0.1, 0.15) is 32.6 Å². The average molecular weight is 264 g/mol. The van der Waals surface area contributed by atoms with Crippen LogP contribution in [0.4, 0.5) is 0 Å². The maximum Gasteiger partial charge on any atom is 0.319 e. The fourth-order valence-electron chi connectivity index (χ4n) is 2.29. The molecule has 3 heteroatoms. The number of cyclic esters (lactones) is 1. The first-order valence-electron chi connectivity index (χ1n) is 6.69. The largest absolute Gasteiger partial charge is 0.465 e. The fraction of sp³-hybridized carbons (Fsp3) is 0.533. The number of thioether (sulfide) groups is 1. The van der Waals surface area contributed by atoms with E-state index in [2.05, 4.69) is 19.1 Å². The summed E-state index contributed by atoms with van der Waals surface area (Å²) in [6, 6.07) is 10.1. The van der Waals surface area contributed by atoms with E-state index in [9.17, 15) is 4.79 Å². The number of hydrogen-bond donors (Lipinski definition) is 0. The molecule has 1 saturated heterocycles. The zero-order chi connectivity index (χ0) is 12.8. The molecule has 1 aliphatic rings. The van der Waals surface area contributed by atoms with Crippen molar-refractivity contribution >= 4 is 17.7 Å². The lowest BCUT2D eigenvalue weighted by molar-refractivity contribution is -0.148. The van der Waals surface area contributed by atoms with Gasteiger partial charge in [-0.05, 0) is 30.9 Å². The molecule has 2 atom stereocenters. The number of carbonyl (C=O) groups is 1. The highest BCUT2D eigenvalue weighted by molar-refractivity contribution is 8.00. The monoisotopic (exact) mass is 264 g/mol. The molecule has 98 valence electrons. The topological polar surface area (TPSA) is 26.3 Å². The van der Waals surface area contributed by atoms with Crippen molar-refractivity contribution in [1.29, 1.82) is 0 Å². The predicted octanol–water partition coefficient (Wildman–Crippen LogP) is 3.90. The maximum atomic E-state index is 11.9. The number of benzene rings is 1. The Bertz CT molecular complexity index is 377. The molecule has 0 spiro atoms. The van der Waals surface area contributed by atoms with Crippen molar-refractivity contribution in [2.75, 3.05) is 6.61 Å². The van der Waals surface area contributed by atoms with Gasteiger partial charge in [-0.3, -0.25) is 4.79 Å². The minimum atomic E-state index is -0.0313. The van der Waals surface area contributed by atoms with E-state index in [4.69, 9.17) is 4.74 Å².